The van der Waals surface area contributed by atoms with E-state index in [-0.39, 0.29) is 5.91 Å². The van der Waals surface area contributed by atoms with Gasteiger partial charge in [-0.05, 0) is 31.6 Å². The minimum absolute atomic E-state index is 0.0353. The van der Waals surface area contributed by atoms with Crippen LogP contribution in [0.1, 0.15) is 32.6 Å². The average molecular weight is 178 g/mol. The molecule has 13 heavy (non-hydrogen) atoms. The van der Waals surface area contributed by atoms with Crippen molar-refractivity contribution >= 4 is 5.91 Å². The van der Waals surface area contributed by atoms with Gasteiger partial charge in [0, 0.05) is 6.04 Å². The van der Waals surface area contributed by atoms with Gasteiger partial charge in [-0.25, -0.2) is 0 Å². The highest BCUT2D eigenvalue weighted by atomic mass is 16.2. The Hall–Kier alpha value is -1.04. The second kappa shape index (κ2) is 2.73. The molecular formula is C10H14N2O. The molecule has 3 heteroatoms. The lowest BCUT2D eigenvalue weighted by atomic mass is 9.81. The lowest BCUT2D eigenvalue weighted by Crippen LogP contribution is -2.46. The molecule has 2 aliphatic carbocycles. The number of rotatable bonds is 2. The van der Waals surface area contributed by atoms with Crippen molar-refractivity contribution in [3.05, 3.63) is 0 Å². The first-order valence-corrected chi connectivity index (χ1v) is 4.88. The SMILES string of the molecule is CC1CC(NC(=O)C2(C#N)CC2)C1. The van der Waals surface area contributed by atoms with E-state index in [0.29, 0.717) is 6.04 Å². The van der Waals surface area contributed by atoms with Crippen molar-refractivity contribution in [2.75, 3.05) is 0 Å². The van der Waals surface area contributed by atoms with E-state index in [1.165, 1.54) is 0 Å². The number of nitrogens with zero attached hydrogens (tertiary/aromatic N) is 1. The minimum Gasteiger partial charge on any atom is -0.352 e. The van der Waals surface area contributed by atoms with Crippen LogP contribution in [0.15, 0.2) is 0 Å². The molecule has 1 amide bonds. The molecule has 0 heterocycles. The van der Waals surface area contributed by atoms with E-state index in [1.54, 1.807) is 0 Å². The molecule has 0 aromatic heterocycles. The molecule has 2 fully saturated rings. The van der Waals surface area contributed by atoms with Gasteiger partial charge in [-0.2, -0.15) is 5.26 Å². The number of amides is 1. The highest BCUT2D eigenvalue weighted by Gasteiger charge is 2.51. The quantitative estimate of drug-likeness (QED) is 0.690. The van der Waals surface area contributed by atoms with E-state index < -0.39 is 5.41 Å². The van der Waals surface area contributed by atoms with Gasteiger partial charge in [0.1, 0.15) is 5.41 Å². The van der Waals surface area contributed by atoms with Gasteiger partial charge in [-0.3, -0.25) is 4.79 Å². The normalized spacial score (nSPS) is 34.2. The van der Waals surface area contributed by atoms with Gasteiger partial charge in [-0.1, -0.05) is 6.92 Å². The Bertz CT molecular complexity index is 269. The van der Waals surface area contributed by atoms with E-state index in [9.17, 15) is 4.79 Å². The summed E-state index contributed by atoms with van der Waals surface area (Å²) in [5.74, 6) is 0.703. The molecule has 0 unspecified atom stereocenters. The Morgan fingerprint density at radius 1 is 1.54 bits per heavy atom. The number of nitriles is 1. The lowest BCUT2D eigenvalue weighted by molar-refractivity contribution is -0.126. The lowest BCUT2D eigenvalue weighted by Gasteiger charge is -2.33. The van der Waals surface area contributed by atoms with E-state index in [0.717, 1.165) is 31.6 Å². The van der Waals surface area contributed by atoms with Gasteiger partial charge in [0.2, 0.25) is 5.91 Å². The highest BCUT2D eigenvalue weighted by Crippen LogP contribution is 2.45. The molecule has 2 saturated carbocycles. The van der Waals surface area contributed by atoms with Gasteiger partial charge in [-0.15, -0.1) is 0 Å². The van der Waals surface area contributed by atoms with Crippen LogP contribution in [0, 0.1) is 22.7 Å². The fourth-order valence-corrected chi connectivity index (χ4v) is 1.86. The molecule has 0 aliphatic heterocycles. The van der Waals surface area contributed by atoms with Gasteiger partial charge in [0.25, 0.3) is 0 Å². The van der Waals surface area contributed by atoms with Crippen LogP contribution in [0.2, 0.25) is 0 Å². The van der Waals surface area contributed by atoms with Crippen molar-refractivity contribution in [1.29, 1.82) is 5.26 Å². The van der Waals surface area contributed by atoms with E-state index in [1.807, 2.05) is 0 Å². The smallest absolute Gasteiger partial charge is 0.240 e. The van der Waals surface area contributed by atoms with Crippen LogP contribution >= 0.6 is 0 Å². The number of hydrogen-bond donors (Lipinski definition) is 1. The minimum atomic E-state index is -0.640. The summed E-state index contributed by atoms with van der Waals surface area (Å²) in [5.41, 5.74) is -0.640. The molecule has 2 rings (SSSR count). The number of hydrogen-bond acceptors (Lipinski definition) is 2. The second-order valence-electron chi connectivity index (χ2n) is 4.44. The van der Waals surface area contributed by atoms with Crippen molar-refractivity contribution < 1.29 is 4.79 Å². The first kappa shape index (κ1) is 8.55. The molecule has 3 nitrogen and oxygen atoms in total. The molecule has 0 atom stereocenters. The Morgan fingerprint density at radius 2 is 2.15 bits per heavy atom. The van der Waals surface area contributed by atoms with Crippen LogP contribution in [0.25, 0.3) is 0 Å². The Morgan fingerprint density at radius 3 is 2.54 bits per heavy atom. The topological polar surface area (TPSA) is 52.9 Å². The fraction of sp³-hybridized carbons (Fsp3) is 0.800. The van der Waals surface area contributed by atoms with Gasteiger partial charge in [0.05, 0.1) is 6.07 Å². The molecule has 0 saturated heterocycles. The summed E-state index contributed by atoms with van der Waals surface area (Å²) in [5, 5.41) is 11.7. The first-order valence-electron chi connectivity index (χ1n) is 4.88. The highest BCUT2D eigenvalue weighted by molar-refractivity contribution is 5.88. The number of carbonyl (C=O) groups excluding carboxylic acids is 1. The van der Waals surface area contributed by atoms with Crippen molar-refractivity contribution in [2.24, 2.45) is 11.3 Å². The summed E-state index contributed by atoms with van der Waals surface area (Å²) < 4.78 is 0. The van der Waals surface area contributed by atoms with Crippen molar-refractivity contribution in [2.45, 2.75) is 38.6 Å². The average Bonchev–Trinajstić information content (AvgIpc) is 2.81. The molecule has 0 radical (unpaired) electrons. The zero-order chi connectivity index (χ0) is 9.47. The number of carbonyl (C=O) groups is 1. The predicted molar refractivity (Wildman–Crippen MR) is 47.6 cm³/mol. The maximum Gasteiger partial charge on any atom is 0.240 e. The third-order valence-corrected chi connectivity index (χ3v) is 3.11. The van der Waals surface area contributed by atoms with Crippen LogP contribution in [0.5, 0.6) is 0 Å². The van der Waals surface area contributed by atoms with E-state index in [2.05, 4.69) is 18.3 Å². The predicted octanol–water partition coefficient (Wildman–Crippen LogP) is 1.20. The van der Waals surface area contributed by atoms with E-state index >= 15 is 0 Å². The summed E-state index contributed by atoms with van der Waals surface area (Å²) in [4.78, 5) is 11.5. The Balaban J connectivity index is 1.83. The van der Waals surface area contributed by atoms with Gasteiger partial charge >= 0.3 is 0 Å². The van der Waals surface area contributed by atoms with E-state index in [4.69, 9.17) is 5.26 Å². The maximum absolute atomic E-state index is 11.5. The van der Waals surface area contributed by atoms with Crippen LogP contribution in [0.4, 0.5) is 0 Å². The van der Waals surface area contributed by atoms with Crippen LogP contribution in [0.3, 0.4) is 0 Å². The summed E-state index contributed by atoms with van der Waals surface area (Å²) >= 11 is 0. The third kappa shape index (κ3) is 1.41. The molecule has 1 N–H and O–H groups in total. The summed E-state index contributed by atoms with van der Waals surface area (Å²) in [7, 11) is 0. The summed E-state index contributed by atoms with van der Waals surface area (Å²) in [6.07, 6.45) is 3.65. The zero-order valence-electron chi connectivity index (χ0n) is 7.84. The maximum atomic E-state index is 11.5. The molecule has 0 aromatic carbocycles. The third-order valence-electron chi connectivity index (χ3n) is 3.11. The number of nitrogens with one attached hydrogen (secondary N) is 1. The molecule has 0 aromatic rings. The molecule has 0 spiro atoms. The molecular weight excluding hydrogens is 164 g/mol. The Kier molecular flexibility index (Phi) is 1.80. The molecule has 2 aliphatic rings. The van der Waals surface area contributed by atoms with Crippen molar-refractivity contribution in [1.82, 2.24) is 5.32 Å². The zero-order valence-corrected chi connectivity index (χ0v) is 7.84. The standard InChI is InChI=1S/C10H14N2O/c1-7-4-8(5-7)12-9(13)10(6-11)2-3-10/h7-8H,2-5H2,1H3,(H,12,13). The Labute approximate surface area is 78.1 Å². The van der Waals surface area contributed by atoms with Crippen LogP contribution < -0.4 is 5.32 Å². The van der Waals surface area contributed by atoms with Gasteiger partial charge in [0.15, 0.2) is 0 Å². The summed E-state index contributed by atoms with van der Waals surface area (Å²) in [6.45, 7) is 2.18. The monoisotopic (exact) mass is 178 g/mol. The van der Waals surface area contributed by atoms with Crippen LogP contribution in [-0.2, 0) is 4.79 Å². The first-order chi connectivity index (χ1) is 6.16. The molecule has 70 valence electrons. The van der Waals surface area contributed by atoms with Gasteiger partial charge < -0.3 is 5.32 Å². The second-order valence-corrected chi connectivity index (χ2v) is 4.44. The van der Waals surface area contributed by atoms with Crippen molar-refractivity contribution in [3.63, 3.8) is 0 Å². The summed E-state index contributed by atoms with van der Waals surface area (Å²) in [6, 6.07) is 2.45. The van der Waals surface area contributed by atoms with Crippen molar-refractivity contribution in [3.8, 4) is 6.07 Å². The molecule has 0 bridgehead atoms. The fourth-order valence-electron chi connectivity index (χ4n) is 1.86. The largest absolute Gasteiger partial charge is 0.352 e. The van der Waals surface area contributed by atoms with Crippen LogP contribution in [-0.4, -0.2) is 11.9 Å².